The zero-order chi connectivity index (χ0) is 17.8. The van der Waals surface area contributed by atoms with Gasteiger partial charge < -0.3 is 5.11 Å². The molecule has 1 saturated carbocycles. The smallest absolute Gasteiger partial charge is 0.0705 e. The van der Waals surface area contributed by atoms with Crippen LogP contribution in [0, 0.1) is 0 Å². The summed E-state index contributed by atoms with van der Waals surface area (Å²) in [5.41, 5.74) is 4.36. The lowest BCUT2D eigenvalue weighted by atomic mass is 9.88. The van der Waals surface area contributed by atoms with Crippen molar-refractivity contribution in [1.82, 2.24) is 9.88 Å². The molecule has 4 rings (SSSR count). The molecule has 2 heterocycles. The molecule has 1 aliphatic heterocycles. The Kier molecular flexibility index (Phi) is 5.66. The van der Waals surface area contributed by atoms with Crippen molar-refractivity contribution in [3.05, 3.63) is 53.7 Å². The molecule has 1 saturated heterocycles. The molecule has 1 aliphatic carbocycles. The number of aromatic nitrogens is 1. The monoisotopic (exact) mass is 350 g/mol. The lowest BCUT2D eigenvalue weighted by Crippen LogP contribution is -2.43. The number of piperidine rings is 1. The molecule has 1 aromatic carbocycles. The van der Waals surface area contributed by atoms with E-state index >= 15 is 0 Å². The maximum atomic E-state index is 9.23. The third-order valence-corrected chi connectivity index (χ3v) is 6.17. The van der Waals surface area contributed by atoms with Crippen LogP contribution in [0.3, 0.4) is 0 Å². The molecule has 26 heavy (non-hydrogen) atoms. The van der Waals surface area contributed by atoms with Gasteiger partial charge in [0.25, 0.3) is 0 Å². The first-order valence-corrected chi connectivity index (χ1v) is 10.2. The maximum Gasteiger partial charge on any atom is 0.0705 e. The summed E-state index contributed by atoms with van der Waals surface area (Å²) in [6.07, 6.45) is 9.55. The molecule has 0 unspecified atom stereocenters. The van der Waals surface area contributed by atoms with Crippen molar-refractivity contribution >= 4 is 0 Å². The Hall–Kier alpha value is -1.71. The van der Waals surface area contributed by atoms with E-state index in [1.54, 1.807) is 0 Å². The first-order chi connectivity index (χ1) is 12.8. The first-order valence-electron chi connectivity index (χ1n) is 10.2. The fraction of sp³-hybridized carbons (Fsp3) is 0.522. The average molecular weight is 351 g/mol. The highest BCUT2D eigenvalue weighted by Crippen LogP contribution is 2.32. The molecule has 0 spiro atoms. The number of hydrogen-bond donors (Lipinski definition) is 1. The Balaban J connectivity index is 1.49. The first kappa shape index (κ1) is 17.7. The van der Waals surface area contributed by atoms with E-state index in [1.165, 1.54) is 63.7 Å². The van der Waals surface area contributed by atoms with E-state index in [2.05, 4.69) is 35.2 Å². The van der Waals surface area contributed by atoms with Crippen molar-refractivity contribution < 1.29 is 5.11 Å². The number of likely N-dealkylation sites (tertiary alicyclic amines) is 1. The summed E-state index contributed by atoms with van der Waals surface area (Å²) >= 11 is 0. The molecule has 3 nitrogen and oxygen atoms in total. The fourth-order valence-corrected chi connectivity index (χ4v) is 4.65. The van der Waals surface area contributed by atoms with Crippen molar-refractivity contribution in [3.8, 4) is 11.3 Å². The third kappa shape index (κ3) is 3.99. The molecule has 138 valence electrons. The quantitative estimate of drug-likeness (QED) is 0.864. The highest BCUT2D eigenvalue weighted by molar-refractivity contribution is 5.59. The molecule has 1 aromatic heterocycles. The van der Waals surface area contributed by atoms with Gasteiger partial charge >= 0.3 is 0 Å². The third-order valence-electron chi connectivity index (χ3n) is 6.17. The predicted octanol–water partition coefficient (Wildman–Crippen LogP) is 4.75. The van der Waals surface area contributed by atoms with Gasteiger partial charge in [-0.15, -0.1) is 0 Å². The van der Waals surface area contributed by atoms with Crippen molar-refractivity contribution in [1.29, 1.82) is 0 Å². The number of nitrogens with zero attached hydrogens (tertiary/aromatic N) is 2. The number of rotatable bonds is 4. The topological polar surface area (TPSA) is 36.4 Å². The van der Waals surface area contributed by atoms with Crippen LogP contribution in [0.1, 0.15) is 62.1 Å². The summed E-state index contributed by atoms with van der Waals surface area (Å²) in [5.74, 6) is 0.558. The van der Waals surface area contributed by atoms with Crippen LogP contribution in [0.4, 0.5) is 0 Å². The van der Waals surface area contributed by atoms with Crippen molar-refractivity contribution in [3.63, 3.8) is 0 Å². The molecule has 1 atom stereocenters. The standard InChI is InChI=1S/C23H30N2O/c26-17-18-11-13-19(14-12-18)22-9-4-10-23(24-22)20-6-5-15-25(16-20)21-7-2-1-3-8-21/h4,9-14,20-21,26H,1-3,5-8,15-17H2/t20-/m1/s1. The zero-order valence-electron chi connectivity index (χ0n) is 15.6. The molecule has 3 heteroatoms. The Morgan fingerprint density at radius 1 is 0.923 bits per heavy atom. The Morgan fingerprint density at radius 3 is 2.50 bits per heavy atom. The number of pyridine rings is 1. The van der Waals surface area contributed by atoms with Crippen molar-refractivity contribution in [2.75, 3.05) is 13.1 Å². The highest BCUT2D eigenvalue weighted by Gasteiger charge is 2.28. The van der Waals surface area contributed by atoms with E-state index in [9.17, 15) is 5.11 Å². The summed E-state index contributed by atoms with van der Waals surface area (Å²) in [5, 5.41) is 9.23. The maximum absolute atomic E-state index is 9.23. The van der Waals surface area contributed by atoms with Gasteiger partial charge in [0.2, 0.25) is 0 Å². The predicted molar refractivity (Wildman–Crippen MR) is 106 cm³/mol. The molecule has 1 N–H and O–H groups in total. The van der Waals surface area contributed by atoms with E-state index < -0.39 is 0 Å². The van der Waals surface area contributed by atoms with Crippen LogP contribution in [0.2, 0.25) is 0 Å². The van der Waals surface area contributed by atoms with Crippen LogP contribution in [0.5, 0.6) is 0 Å². The van der Waals surface area contributed by atoms with E-state index in [-0.39, 0.29) is 6.61 Å². The summed E-state index contributed by atoms with van der Waals surface area (Å²) < 4.78 is 0. The van der Waals surface area contributed by atoms with Crippen LogP contribution in [0.15, 0.2) is 42.5 Å². The van der Waals surface area contributed by atoms with Gasteiger partial charge in [0.15, 0.2) is 0 Å². The van der Waals surface area contributed by atoms with Gasteiger partial charge in [-0.3, -0.25) is 9.88 Å². The summed E-state index contributed by atoms with van der Waals surface area (Å²) in [6.45, 7) is 2.53. The Morgan fingerprint density at radius 2 is 1.73 bits per heavy atom. The zero-order valence-corrected chi connectivity index (χ0v) is 15.6. The van der Waals surface area contributed by atoms with Gasteiger partial charge in [0.05, 0.1) is 12.3 Å². The summed E-state index contributed by atoms with van der Waals surface area (Å²) in [7, 11) is 0. The second-order valence-corrected chi connectivity index (χ2v) is 7.93. The molecule has 0 bridgehead atoms. The van der Waals surface area contributed by atoms with E-state index in [0.29, 0.717) is 5.92 Å². The van der Waals surface area contributed by atoms with Crippen molar-refractivity contribution in [2.24, 2.45) is 0 Å². The van der Waals surface area contributed by atoms with Crippen LogP contribution in [-0.4, -0.2) is 34.1 Å². The van der Waals surface area contributed by atoms with Crippen molar-refractivity contribution in [2.45, 2.75) is 63.5 Å². The lowest BCUT2D eigenvalue weighted by Gasteiger charge is -2.40. The van der Waals surface area contributed by atoms with Gasteiger partial charge in [0, 0.05) is 29.8 Å². The molecule has 0 radical (unpaired) electrons. The molecule has 0 amide bonds. The number of benzene rings is 1. The highest BCUT2D eigenvalue weighted by atomic mass is 16.3. The van der Waals surface area contributed by atoms with Crippen LogP contribution in [-0.2, 0) is 6.61 Å². The molecular weight excluding hydrogens is 320 g/mol. The van der Waals surface area contributed by atoms with Crippen LogP contribution >= 0.6 is 0 Å². The summed E-state index contributed by atoms with van der Waals surface area (Å²) in [6, 6.07) is 15.3. The van der Waals surface area contributed by atoms with Gasteiger partial charge in [-0.25, -0.2) is 0 Å². The van der Waals surface area contributed by atoms with Gasteiger partial charge in [-0.2, -0.15) is 0 Å². The summed E-state index contributed by atoms with van der Waals surface area (Å²) in [4.78, 5) is 7.76. The number of aliphatic hydroxyl groups excluding tert-OH is 1. The van der Waals surface area contributed by atoms with E-state index in [1.807, 2.05) is 12.1 Å². The van der Waals surface area contributed by atoms with E-state index in [0.717, 1.165) is 22.9 Å². The minimum absolute atomic E-state index is 0.0901. The molecule has 2 fully saturated rings. The van der Waals surface area contributed by atoms with Crippen LogP contribution < -0.4 is 0 Å². The second-order valence-electron chi connectivity index (χ2n) is 7.93. The Bertz CT molecular complexity index is 706. The van der Waals surface area contributed by atoms with Crippen LogP contribution in [0.25, 0.3) is 11.3 Å². The molecule has 2 aromatic rings. The SMILES string of the molecule is OCc1ccc(-c2cccc([C@@H]3CCCN(C4CCCCC4)C3)n2)cc1. The minimum atomic E-state index is 0.0901. The lowest BCUT2D eigenvalue weighted by molar-refractivity contribution is 0.118. The fourth-order valence-electron chi connectivity index (χ4n) is 4.65. The number of hydrogen-bond acceptors (Lipinski definition) is 3. The number of aliphatic hydroxyl groups is 1. The van der Waals surface area contributed by atoms with Gasteiger partial charge in [-0.1, -0.05) is 49.6 Å². The largest absolute Gasteiger partial charge is 0.392 e. The minimum Gasteiger partial charge on any atom is -0.392 e. The molecule has 2 aliphatic rings. The average Bonchev–Trinajstić information content (AvgIpc) is 2.75. The molecular formula is C23H30N2O. The van der Waals surface area contributed by atoms with Gasteiger partial charge in [0.1, 0.15) is 0 Å². The normalized spacial score (nSPS) is 22.4. The van der Waals surface area contributed by atoms with Gasteiger partial charge in [-0.05, 0) is 49.9 Å². The second kappa shape index (κ2) is 8.32. The van der Waals surface area contributed by atoms with E-state index in [4.69, 9.17) is 4.98 Å². The Labute approximate surface area is 157 Å².